The highest BCUT2D eigenvalue weighted by atomic mass is 79.9. The Kier molecular flexibility index (Phi) is 5.65. The van der Waals surface area contributed by atoms with Crippen LogP contribution in [-0.4, -0.2) is 10.7 Å². The summed E-state index contributed by atoms with van der Waals surface area (Å²) in [4.78, 5) is 0. The van der Waals surface area contributed by atoms with Crippen LogP contribution in [0.2, 0.25) is 5.02 Å². The SMILES string of the molecule is Fc1ccc(Cl)cc1CC(CBr)(CBr)c1ccccc1. The fourth-order valence-corrected chi connectivity index (χ4v) is 4.39. The van der Waals surface area contributed by atoms with Gasteiger partial charge in [0, 0.05) is 21.1 Å². The Morgan fingerprint density at radius 2 is 1.65 bits per heavy atom. The number of benzene rings is 2. The topological polar surface area (TPSA) is 0 Å². The lowest BCUT2D eigenvalue weighted by atomic mass is 9.79. The van der Waals surface area contributed by atoms with E-state index in [4.69, 9.17) is 11.6 Å². The summed E-state index contributed by atoms with van der Waals surface area (Å²) in [5.41, 5.74) is 1.61. The summed E-state index contributed by atoms with van der Waals surface area (Å²) >= 11 is 13.2. The van der Waals surface area contributed by atoms with Gasteiger partial charge < -0.3 is 0 Å². The minimum Gasteiger partial charge on any atom is -0.207 e. The second-order valence-corrected chi connectivity index (χ2v) is 6.38. The van der Waals surface area contributed by atoms with Crippen molar-refractivity contribution in [3.63, 3.8) is 0 Å². The summed E-state index contributed by atoms with van der Waals surface area (Å²) in [5.74, 6) is -0.211. The summed E-state index contributed by atoms with van der Waals surface area (Å²) in [7, 11) is 0. The molecule has 4 heteroatoms. The Hall–Kier alpha value is -0.380. The average Bonchev–Trinajstić information content (AvgIpc) is 2.49. The lowest BCUT2D eigenvalue weighted by Crippen LogP contribution is -2.33. The van der Waals surface area contributed by atoms with Crippen LogP contribution in [0, 0.1) is 5.82 Å². The summed E-state index contributed by atoms with van der Waals surface area (Å²) in [5, 5.41) is 2.04. The lowest BCUT2D eigenvalue weighted by Gasteiger charge is -2.31. The Balaban J connectivity index is 2.42. The molecule has 0 aliphatic rings. The van der Waals surface area contributed by atoms with Crippen molar-refractivity contribution in [2.24, 2.45) is 0 Å². The van der Waals surface area contributed by atoms with Gasteiger partial charge in [-0.3, -0.25) is 0 Å². The van der Waals surface area contributed by atoms with E-state index in [0.29, 0.717) is 17.0 Å². The van der Waals surface area contributed by atoms with Crippen molar-refractivity contribution in [2.75, 3.05) is 10.7 Å². The quantitative estimate of drug-likeness (QED) is 0.541. The van der Waals surface area contributed by atoms with Crippen LogP contribution in [0.15, 0.2) is 48.5 Å². The van der Waals surface area contributed by atoms with Gasteiger partial charge in [-0.15, -0.1) is 0 Å². The van der Waals surface area contributed by atoms with Crippen molar-refractivity contribution in [3.8, 4) is 0 Å². The highest BCUT2D eigenvalue weighted by molar-refractivity contribution is 9.09. The molecule has 0 atom stereocenters. The van der Waals surface area contributed by atoms with Crippen LogP contribution in [0.4, 0.5) is 4.39 Å². The highest BCUT2D eigenvalue weighted by Crippen LogP contribution is 2.34. The second-order valence-electron chi connectivity index (χ2n) is 4.83. The Morgan fingerprint density at radius 3 is 2.25 bits per heavy atom. The third-order valence-electron chi connectivity index (χ3n) is 3.43. The minimum atomic E-state index is -0.211. The lowest BCUT2D eigenvalue weighted by molar-refractivity contribution is 0.523. The zero-order valence-electron chi connectivity index (χ0n) is 10.8. The molecule has 0 aromatic heterocycles. The monoisotopic (exact) mass is 418 g/mol. The van der Waals surface area contributed by atoms with E-state index in [1.807, 2.05) is 18.2 Å². The molecule has 0 amide bonds. The molecule has 0 aliphatic carbocycles. The molecular weight excluding hydrogens is 406 g/mol. The first-order chi connectivity index (χ1) is 9.61. The summed E-state index contributed by atoms with van der Waals surface area (Å²) in [6.45, 7) is 0. The third-order valence-corrected chi connectivity index (χ3v) is 5.82. The van der Waals surface area contributed by atoms with Gasteiger partial charge in [0.1, 0.15) is 5.82 Å². The first-order valence-corrected chi connectivity index (χ1v) is 8.85. The van der Waals surface area contributed by atoms with E-state index >= 15 is 0 Å². The largest absolute Gasteiger partial charge is 0.207 e. The molecule has 2 rings (SSSR count). The molecule has 2 aromatic carbocycles. The van der Waals surface area contributed by atoms with Gasteiger partial charge >= 0.3 is 0 Å². The summed E-state index contributed by atoms with van der Waals surface area (Å²) in [6.07, 6.45) is 0.583. The minimum absolute atomic E-state index is 0.202. The molecule has 0 saturated carbocycles. The highest BCUT2D eigenvalue weighted by Gasteiger charge is 2.31. The van der Waals surface area contributed by atoms with Crippen LogP contribution in [0.3, 0.4) is 0 Å². The van der Waals surface area contributed by atoms with Crippen molar-refractivity contribution in [1.82, 2.24) is 0 Å². The van der Waals surface area contributed by atoms with E-state index in [-0.39, 0.29) is 11.2 Å². The van der Waals surface area contributed by atoms with Crippen LogP contribution in [-0.2, 0) is 11.8 Å². The van der Waals surface area contributed by atoms with Gasteiger partial charge in [-0.25, -0.2) is 4.39 Å². The van der Waals surface area contributed by atoms with E-state index in [1.54, 1.807) is 12.1 Å². The van der Waals surface area contributed by atoms with Gasteiger partial charge in [0.2, 0.25) is 0 Å². The van der Waals surface area contributed by atoms with Crippen LogP contribution >= 0.6 is 43.5 Å². The number of hydrogen-bond acceptors (Lipinski definition) is 0. The predicted molar refractivity (Wildman–Crippen MR) is 90.8 cm³/mol. The number of hydrogen-bond donors (Lipinski definition) is 0. The molecule has 20 heavy (non-hydrogen) atoms. The molecule has 0 radical (unpaired) electrons. The molecule has 0 saturated heterocycles. The van der Waals surface area contributed by atoms with Crippen LogP contribution < -0.4 is 0 Å². The number of halogens is 4. The molecule has 0 unspecified atom stereocenters. The van der Waals surface area contributed by atoms with Gasteiger partial charge in [-0.1, -0.05) is 73.8 Å². The molecule has 106 valence electrons. The normalized spacial score (nSPS) is 11.6. The molecule has 0 aliphatic heterocycles. The molecule has 0 N–H and O–H groups in total. The van der Waals surface area contributed by atoms with Gasteiger partial charge in [0.25, 0.3) is 0 Å². The van der Waals surface area contributed by atoms with Crippen molar-refractivity contribution in [1.29, 1.82) is 0 Å². The zero-order chi connectivity index (χ0) is 14.6. The van der Waals surface area contributed by atoms with Crippen LogP contribution in [0.25, 0.3) is 0 Å². The number of rotatable bonds is 5. The fraction of sp³-hybridized carbons (Fsp3) is 0.250. The van der Waals surface area contributed by atoms with E-state index < -0.39 is 0 Å². The molecule has 0 spiro atoms. The van der Waals surface area contributed by atoms with Crippen molar-refractivity contribution >= 4 is 43.5 Å². The van der Waals surface area contributed by atoms with Crippen molar-refractivity contribution in [2.45, 2.75) is 11.8 Å². The zero-order valence-corrected chi connectivity index (χ0v) is 14.7. The van der Waals surface area contributed by atoms with Gasteiger partial charge in [-0.05, 0) is 35.7 Å². The molecule has 2 aromatic rings. The van der Waals surface area contributed by atoms with Crippen molar-refractivity contribution < 1.29 is 4.39 Å². The molecule has 0 heterocycles. The maximum atomic E-state index is 14.0. The smallest absolute Gasteiger partial charge is 0.126 e. The molecular formula is C16H14Br2ClF. The van der Waals surface area contributed by atoms with E-state index in [0.717, 1.165) is 10.7 Å². The Morgan fingerprint density at radius 1 is 1.00 bits per heavy atom. The van der Waals surface area contributed by atoms with Crippen molar-refractivity contribution in [3.05, 3.63) is 70.5 Å². The maximum absolute atomic E-state index is 14.0. The predicted octanol–water partition coefficient (Wildman–Crippen LogP) is 5.75. The number of alkyl halides is 2. The van der Waals surface area contributed by atoms with Gasteiger partial charge in [0.05, 0.1) is 0 Å². The molecule has 0 bridgehead atoms. The molecule has 0 fully saturated rings. The first kappa shape index (κ1) is 16.0. The van der Waals surface area contributed by atoms with Crippen LogP contribution in [0.1, 0.15) is 11.1 Å². The van der Waals surface area contributed by atoms with E-state index in [9.17, 15) is 4.39 Å². The average molecular weight is 421 g/mol. The van der Waals surface area contributed by atoms with Gasteiger partial charge in [0.15, 0.2) is 0 Å². The fourth-order valence-electron chi connectivity index (χ4n) is 2.22. The molecule has 0 nitrogen and oxygen atoms in total. The second kappa shape index (κ2) is 7.06. The third kappa shape index (κ3) is 3.44. The van der Waals surface area contributed by atoms with E-state index in [2.05, 4.69) is 44.0 Å². The Bertz CT molecular complexity index is 568. The standard InChI is InChI=1S/C16H14Br2ClF/c17-10-16(11-18,13-4-2-1-3-5-13)9-12-8-14(19)6-7-15(12)20/h1-8H,9-11H2. The summed E-state index contributed by atoms with van der Waals surface area (Å²) in [6, 6.07) is 14.8. The Labute approximate surface area is 140 Å². The maximum Gasteiger partial charge on any atom is 0.126 e. The van der Waals surface area contributed by atoms with Gasteiger partial charge in [-0.2, -0.15) is 0 Å². The first-order valence-electron chi connectivity index (χ1n) is 6.23. The van der Waals surface area contributed by atoms with Crippen LogP contribution in [0.5, 0.6) is 0 Å². The van der Waals surface area contributed by atoms with E-state index in [1.165, 1.54) is 11.6 Å². The summed E-state index contributed by atoms with van der Waals surface area (Å²) < 4.78 is 14.0.